The van der Waals surface area contributed by atoms with Crippen molar-refractivity contribution in [2.24, 2.45) is 0 Å². The molecule has 1 atom stereocenters. The summed E-state index contributed by atoms with van der Waals surface area (Å²) < 4.78 is 1.28. The van der Waals surface area contributed by atoms with Gasteiger partial charge in [0.15, 0.2) is 0 Å². The van der Waals surface area contributed by atoms with Crippen LogP contribution in [0.25, 0.3) is 0 Å². The maximum Gasteiger partial charge on any atom is 0.0762 e. The molecule has 0 aliphatic heterocycles. The molecular formula is C14H17NOS2. The number of benzene rings is 1. The van der Waals surface area contributed by atoms with Crippen LogP contribution in [0.3, 0.4) is 0 Å². The third-order valence-corrected chi connectivity index (χ3v) is 5.39. The number of hydrogen-bond acceptors (Lipinski definition) is 4. The molecule has 1 aromatic carbocycles. The first-order chi connectivity index (χ1) is 8.80. The summed E-state index contributed by atoms with van der Waals surface area (Å²) in [5, 5.41) is 15.1. The quantitative estimate of drug-likeness (QED) is 0.797. The number of likely N-dealkylation sites (N-methyl/N-ethyl adjacent to an activating group) is 1. The van der Waals surface area contributed by atoms with E-state index in [1.807, 2.05) is 25.2 Å². The molecule has 0 spiro atoms. The summed E-state index contributed by atoms with van der Waals surface area (Å²) in [5.41, 5.74) is 0.745. The highest BCUT2D eigenvalue weighted by Gasteiger charge is 2.29. The van der Waals surface area contributed by atoms with Crippen molar-refractivity contribution in [1.29, 1.82) is 0 Å². The summed E-state index contributed by atoms with van der Waals surface area (Å²) in [5.74, 6) is 0.810. The number of nitrogens with one attached hydrogen (secondary N) is 1. The highest BCUT2D eigenvalue weighted by atomic mass is 32.2. The topological polar surface area (TPSA) is 32.3 Å². The van der Waals surface area contributed by atoms with E-state index in [1.54, 1.807) is 23.1 Å². The standard InChI is InChI=1S/C14H17NOS2/c1-15-14(10-16,12-6-3-2-4-7-12)11-18-13-8-5-9-17-13/h2-9,15-16H,10-11H2,1H3. The van der Waals surface area contributed by atoms with Crippen LogP contribution in [0.2, 0.25) is 0 Å². The molecule has 0 aliphatic rings. The molecule has 2 N–H and O–H groups in total. The number of thioether (sulfide) groups is 1. The van der Waals surface area contributed by atoms with Crippen LogP contribution < -0.4 is 5.32 Å². The monoisotopic (exact) mass is 279 g/mol. The molecule has 2 aromatic rings. The van der Waals surface area contributed by atoms with Gasteiger partial charge in [0.2, 0.25) is 0 Å². The fraction of sp³-hybridized carbons (Fsp3) is 0.286. The molecule has 0 radical (unpaired) electrons. The summed E-state index contributed by atoms with van der Waals surface area (Å²) >= 11 is 3.51. The average molecular weight is 279 g/mol. The molecule has 0 bridgehead atoms. The first-order valence-corrected chi connectivity index (χ1v) is 7.69. The highest BCUT2D eigenvalue weighted by molar-refractivity contribution is 8.01. The van der Waals surface area contributed by atoms with E-state index in [4.69, 9.17) is 0 Å². The van der Waals surface area contributed by atoms with Gasteiger partial charge in [0, 0.05) is 5.75 Å². The van der Waals surface area contributed by atoms with Gasteiger partial charge in [-0.25, -0.2) is 0 Å². The lowest BCUT2D eigenvalue weighted by atomic mass is 9.93. The van der Waals surface area contributed by atoms with E-state index in [1.165, 1.54) is 4.21 Å². The minimum absolute atomic E-state index is 0.0892. The summed E-state index contributed by atoms with van der Waals surface area (Å²) in [6.45, 7) is 0.0892. The van der Waals surface area contributed by atoms with E-state index in [2.05, 4.69) is 35.0 Å². The lowest BCUT2D eigenvalue weighted by Crippen LogP contribution is -2.45. The predicted molar refractivity (Wildman–Crippen MR) is 79.3 cm³/mol. The van der Waals surface area contributed by atoms with Gasteiger partial charge in [-0.3, -0.25) is 0 Å². The molecule has 1 heterocycles. The van der Waals surface area contributed by atoms with Gasteiger partial charge in [0.25, 0.3) is 0 Å². The van der Waals surface area contributed by atoms with E-state index in [9.17, 15) is 5.11 Å². The molecule has 4 heteroatoms. The Hall–Kier alpha value is -0.810. The maximum absolute atomic E-state index is 9.79. The van der Waals surface area contributed by atoms with Crippen molar-refractivity contribution in [3.8, 4) is 0 Å². The molecule has 0 fully saturated rings. The molecule has 96 valence electrons. The molecule has 1 unspecified atom stereocenters. The van der Waals surface area contributed by atoms with Gasteiger partial charge >= 0.3 is 0 Å². The fourth-order valence-electron chi connectivity index (χ4n) is 1.81. The van der Waals surface area contributed by atoms with E-state index in [0.717, 1.165) is 11.3 Å². The van der Waals surface area contributed by atoms with Crippen LogP contribution in [-0.2, 0) is 5.54 Å². The summed E-state index contributed by atoms with van der Waals surface area (Å²) in [6.07, 6.45) is 0. The second-order valence-electron chi connectivity index (χ2n) is 4.08. The molecule has 1 aromatic heterocycles. The van der Waals surface area contributed by atoms with Crippen LogP contribution in [0.5, 0.6) is 0 Å². The van der Waals surface area contributed by atoms with Gasteiger partial charge < -0.3 is 10.4 Å². The van der Waals surface area contributed by atoms with Crippen LogP contribution >= 0.6 is 23.1 Å². The molecule has 2 rings (SSSR count). The Labute approximate surface area is 116 Å². The Morgan fingerprint density at radius 3 is 2.56 bits per heavy atom. The Kier molecular flexibility index (Phi) is 4.83. The van der Waals surface area contributed by atoms with E-state index >= 15 is 0 Å². The highest BCUT2D eigenvalue weighted by Crippen LogP contribution is 2.31. The number of aliphatic hydroxyl groups is 1. The molecule has 0 saturated carbocycles. The summed E-state index contributed by atoms with van der Waals surface area (Å²) in [6, 6.07) is 14.3. The Morgan fingerprint density at radius 2 is 2.00 bits per heavy atom. The van der Waals surface area contributed by atoms with Crippen LogP contribution in [0.1, 0.15) is 5.56 Å². The van der Waals surface area contributed by atoms with Gasteiger partial charge in [-0.2, -0.15) is 0 Å². The van der Waals surface area contributed by atoms with Crippen LogP contribution in [0.15, 0.2) is 52.1 Å². The van der Waals surface area contributed by atoms with E-state index < -0.39 is 0 Å². The van der Waals surface area contributed by atoms with E-state index in [-0.39, 0.29) is 12.1 Å². The number of rotatable bonds is 6. The maximum atomic E-state index is 9.79. The van der Waals surface area contributed by atoms with Crippen molar-refractivity contribution >= 4 is 23.1 Å². The number of thiophene rings is 1. The van der Waals surface area contributed by atoms with Crippen molar-refractivity contribution in [2.75, 3.05) is 19.4 Å². The molecule has 18 heavy (non-hydrogen) atoms. The summed E-state index contributed by atoms with van der Waals surface area (Å²) in [4.78, 5) is 0. The minimum atomic E-state index is -0.379. The Bertz CT molecular complexity index is 452. The summed E-state index contributed by atoms with van der Waals surface area (Å²) in [7, 11) is 1.90. The van der Waals surface area contributed by atoms with Gasteiger partial charge in [0.1, 0.15) is 0 Å². The molecule has 2 nitrogen and oxygen atoms in total. The van der Waals surface area contributed by atoms with Crippen molar-refractivity contribution in [3.05, 3.63) is 53.4 Å². The normalized spacial score (nSPS) is 14.3. The zero-order valence-corrected chi connectivity index (χ0v) is 11.9. The Balaban J connectivity index is 2.16. The fourth-order valence-corrected chi connectivity index (χ4v) is 3.84. The average Bonchev–Trinajstić information content (AvgIpc) is 2.95. The van der Waals surface area contributed by atoms with Crippen molar-refractivity contribution in [1.82, 2.24) is 5.32 Å². The Morgan fingerprint density at radius 1 is 1.22 bits per heavy atom. The lowest BCUT2D eigenvalue weighted by molar-refractivity contribution is 0.187. The molecule has 0 amide bonds. The van der Waals surface area contributed by atoms with Gasteiger partial charge in [-0.15, -0.1) is 23.1 Å². The second kappa shape index (κ2) is 6.38. The first kappa shape index (κ1) is 13.6. The van der Waals surface area contributed by atoms with Gasteiger partial charge in [-0.05, 0) is 24.1 Å². The first-order valence-electron chi connectivity index (χ1n) is 5.82. The van der Waals surface area contributed by atoms with Crippen LogP contribution in [0.4, 0.5) is 0 Å². The predicted octanol–water partition coefficient (Wildman–Crippen LogP) is 2.95. The third kappa shape index (κ3) is 2.95. The number of aliphatic hydroxyl groups excluding tert-OH is 1. The molecule has 0 saturated heterocycles. The largest absolute Gasteiger partial charge is 0.394 e. The lowest BCUT2D eigenvalue weighted by Gasteiger charge is -2.31. The van der Waals surface area contributed by atoms with E-state index in [0.29, 0.717) is 0 Å². The molecular weight excluding hydrogens is 262 g/mol. The zero-order valence-electron chi connectivity index (χ0n) is 10.3. The minimum Gasteiger partial charge on any atom is -0.394 e. The third-order valence-electron chi connectivity index (χ3n) is 3.03. The smallest absolute Gasteiger partial charge is 0.0762 e. The molecule has 0 aliphatic carbocycles. The number of hydrogen-bond donors (Lipinski definition) is 2. The van der Waals surface area contributed by atoms with Gasteiger partial charge in [0.05, 0.1) is 16.4 Å². The second-order valence-corrected chi connectivity index (χ2v) is 6.30. The van der Waals surface area contributed by atoms with Gasteiger partial charge in [-0.1, -0.05) is 36.4 Å². The SMILES string of the molecule is CNC(CO)(CSc1cccs1)c1ccccc1. The van der Waals surface area contributed by atoms with Crippen molar-refractivity contribution < 1.29 is 5.11 Å². The van der Waals surface area contributed by atoms with Crippen molar-refractivity contribution in [2.45, 2.75) is 9.75 Å². The van der Waals surface area contributed by atoms with Crippen molar-refractivity contribution in [3.63, 3.8) is 0 Å². The zero-order chi connectivity index (χ0) is 12.8. The van der Waals surface area contributed by atoms with Crippen LogP contribution in [-0.4, -0.2) is 24.5 Å². The van der Waals surface area contributed by atoms with Crippen LogP contribution in [0, 0.1) is 0 Å².